The van der Waals surface area contributed by atoms with Crippen molar-refractivity contribution in [3.63, 3.8) is 0 Å². The lowest BCUT2D eigenvalue weighted by atomic mass is 10.1. The van der Waals surface area contributed by atoms with Gasteiger partial charge in [-0.1, -0.05) is 32.0 Å². The quantitative estimate of drug-likeness (QED) is 0.746. The average Bonchev–Trinajstić information content (AvgIpc) is 2.41. The standard InChI is InChI=1S/C16H22F3NO2/c1-12(2)11-22-8-4-7-20-15(21)10-13-5-3-6-14(9-13)16(17,18)19/h3,5-6,9,12H,4,7-8,10-11H2,1-2H3,(H,20,21). The molecule has 0 heterocycles. The number of nitrogens with one attached hydrogen (secondary N) is 1. The second kappa shape index (κ2) is 8.78. The van der Waals surface area contributed by atoms with Gasteiger partial charge in [-0.25, -0.2) is 0 Å². The Kier molecular flexibility index (Phi) is 7.38. The van der Waals surface area contributed by atoms with Crippen LogP contribution in [0.1, 0.15) is 31.4 Å². The lowest BCUT2D eigenvalue weighted by Gasteiger charge is -2.10. The highest BCUT2D eigenvalue weighted by Gasteiger charge is 2.30. The van der Waals surface area contributed by atoms with Crippen LogP contribution in [0.15, 0.2) is 24.3 Å². The van der Waals surface area contributed by atoms with Gasteiger partial charge in [0.15, 0.2) is 0 Å². The first kappa shape index (κ1) is 18.5. The highest BCUT2D eigenvalue weighted by Crippen LogP contribution is 2.29. The maximum atomic E-state index is 12.6. The van der Waals surface area contributed by atoms with Crippen LogP contribution >= 0.6 is 0 Å². The second-order valence-corrected chi connectivity index (χ2v) is 5.55. The Morgan fingerprint density at radius 2 is 2.05 bits per heavy atom. The van der Waals surface area contributed by atoms with E-state index in [1.54, 1.807) is 0 Å². The summed E-state index contributed by atoms with van der Waals surface area (Å²) in [4.78, 5) is 11.7. The Balaban J connectivity index is 2.31. The van der Waals surface area contributed by atoms with Gasteiger partial charge in [0.1, 0.15) is 0 Å². The van der Waals surface area contributed by atoms with E-state index >= 15 is 0 Å². The molecule has 0 aliphatic heterocycles. The Hall–Kier alpha value is -1.56. The Bertz CT molecular complexity index is 473. The molecule has 1 rings (SSSR count). The molecule has 0 aliphatic carbocycles. The monoisotopic (exact) mass is 317 g/mol. The van der Waals surface area contributed by atoms with Crippen LogP contribution < -0.4 is 5.32 Å². The number of benzene rings is 1. The molecule has 6 heteroatoms. The number of halogens is 3. The molecular formula is C16H22F3NO2. The third kappa shape index (κ3) is 7.45. The van der Waals surface area contributed by atoms with Gasteiger partial charge < -0.3 is 10.1 Å². The third-order valence-corrected chi connectivity index (χ3v) is 2.86. The summed E-state index contributed by atoms with van der Waals surface area (Å²) in [5.41, 5.74) is -0.386. The Morgan fingerprint density at radius 3 is 2.68 bits per heavy atom. The average molecular weight is 317 g/mol. The zero-order valence-electron chi connectivity index (χ0n) is 12.9. The van der Waals surface area contributed by atoms with Crippen molar-refractivity contribution in [2.24, 2.45) is 5.92 Å². The van der Waals surface area contributed by atoms with E-state index in [1.807, 2.05) is 0 Å². The van der Waals surface area contributed by atoms with Crippen LogP contribution in [0, 0.1) is 5.92 Å². The van der Waals surface area contributed by atoms with E-state index in [4.69, 9.17) is 4.74 Å². The molecule has 1 N–H and O–H groups in total. The van der Waals surface area contributed by atoms with Crippen LogP contribution in [0.3, 0.4) is 0 Å². The van der Waals surface area contributed by atoms with Gasteiger partial charge in [-0.05, 0) is 24.0 Å². The molecule has 0 unspecified atom stereocenters. The highest BCUT2D eigenvalue weighted by atomic mass is 19.4. The Labute approximate surface area is 128 Å². The molecule has 0 radical (unpaired) electrons. The zero-order chi connectivity index (χ0) is 16.6. The normalized spacial score (nSPS) is 11.7. The van der Waals surface area contributed by atoms with E-state index in [2.05, 4.69) is 19.2 Å². The minimum absolute atomic E-state index is 0.0588. The van der Waals surface area contributed by atoms with Gasteiger partial charge in [-0.3, -0.25) is 4.79 Å². The minimum Gasteiger partial charge on any atom is -0.381 e. The highest BCUT2D eigenvalue weighted by molar-refractivity contribution is 5.78. The van der Waals surface area contributed by atoms with E-state index in [9.17, 15) is 18.0 Å². The van der Waals surface area contributed by atoms with Crippen LogP contribution in [0.2, 0.25) is 0 Å². The molecule has 0 saturated carbocycles. The van der Waals surface area contributed by atoms with Gasteiger partial charge >= 0.3 is 6.18 Å². The summed E-state index contributed by atoms with van der Waals surface area (Å²) in [7, 11) is 0. The summed E-state index contributed by atoms with van der Waals surface area (Å²) in [5, 5.41) is 2.68. The topological polar surface area (TPSA) is 38.3 Å². The van der Waals surface area contributed by atoms with Gasteiger partial charge in [0.25, 0.3) is 0 Å². The first-order chi connectivity index (χ1) is 10.3. The molecule has 3 nitrogen and oxygen atoms in total. The molecule has 1 aromatic rings. The first-order valence-electron chi connectivity index (χ1n) is 7.29. The fourth-order valence-corrected chi connectivity index (χ4v) is 1.83. The molecular weight excluding hydrogens is 295 g/mol. The van der Waals surface area contributed by atoms with Crippen LogP contribution in [0.25, 0.3) is 0 Å². The van der Waals surface area contributed by atoms with Gasteiger partial charge in [0, 0.05) is 19.8 Å². The summed E-state index contributed by atoms with van der Waals surface area (Å²) in [6.07, 6.45) is -3.77. The van der Waals surface area contributed by atoms with Crippen LogP contribution in [-0.2, 0) is 22.1 Å². The lowest BCUT2D eigenvalue weighted by molar-refractivity contribution is -0.137. The van der Waals surface area contributed by atoms with Crippen LogP contribution in [-0.4, -0.2) is 25.7 Å². The number of carbonyl (C=O) groups is 1. The molecule has 124 valence electrons. The number of ether oxygens (including phenoxy) is 1. The molecule has 0 fully saturated rings. The molecule has 0 spiro atoms. The van der Waals surface area contributed by atoms with Crippen molar-refractivity contribution in [1.29, 1.82) is 0 Å². The predicted octanol–water partition coefficient (Wildman–Crippen LogP) is 3.43. The number of carbonyl (C=O) groups excluding carboxylic acids is 1. The predicted molar refractivity (Wildman–Crippen MR) is 78.4 cm³/mol. The molecule has 0 bridgehead atoms. The van der Waals surface area contributed by atoms with E-state index in [-0.39, 0.29) is 12.3 Å². The summed E-state index contributed by atoms with van der Waals surface area (Å²) in [6, 6.07) is 4.82. The van der Waals surface area contributed by atoms with Crippen molar-refractivity contribution in [3.05, 3.63) is 35.4 Å². The van der Waals surface area contributed by atoms with Crippen molar-refractivity contribution in [2.45, 2.75) is 32.9 Å². The number of amides is 1. The number of hydrogen-bond acceptors (Lipinski definition) is 2. The van der Waals surface area contributed by atoms with Gasteiger partial charge in [0.2, 0.25) is 5.91 Å². The second-order valence-electron chi connectivity index (χ2n) is 5.55. The SMILES string of the molecule is CC(C)COCCCNC(=O)Cc1cccc(C(F)(F)F)c1. The summed E-state index contributed by atoms with van der Waals surface area (Å²) >= 11 is 0. The van der Waals surface area contributed by atoms with E-state index in [1.165, 1.54) is 12.1 Å². The first-order valence-corrected chi connectivity index (χ1v) is 7.29. The van der Waals surface area contributed by atoms with Gasteiger partial charge in [-0.2, -0.15) is 13.2 Å². The van der Waals surface area contributed by atoms with Crippen molar-refractivity contribution >= 4 is 5.91 Å². The van der Waals surface area contributed by atoms with Crippen LogP contribution in [0.5, 0.6) is 0 Å². The Morgan fingerprint density at radius 1 is 1.32 bits per heavy atom. The summed E-state index contributed by atoms with van der Waals surface area (Å²) in [5.74, 6) is 0.179. The zero-order valence-corrected chi connectivity index (χ0v) is 12.9. The van der Waals surface area contributed by atoms with E-state index < -0.39 is 11.7 Å². The molecule has 1 aromatic carbocycles. The summed E-state index contributed by atoms with van der Waals surface area (Å²) in [6.45, 7) is 5.80. The lowest BCUT2D eigenvalue weighted by Crippen LogP contribution is -2.27. The maximum absolute atomic E-state index is 12.6. The third-order valence-electron chi connectivity index (χ3n) is 2.86. The molecule has 1 amide bonds. The minimum atomic E-state index is -4.39. The number of alkyl halides is 3. The van der Waals surface area contributed by atoms with Crippen LogP contribution in [0.4, 0.5) is 13.2 Å². The maximum Gasteiger partial charge on any atom is 0.416 e. The van der Waals surface area contributed by atoms with E-state index in [0.29, 0.717) is 37.7 Å². The largest absolute Gasteiger partial charge is 0.416 e. The van der Waals surface area contributed by atoms with Crippen molar-refractivity contribution < 1.29 is 22.7 Å². The van der Waals surface area contributed by atoms with Gasteiger partial charge in [-0.15, -0.1) is 0 Å². The molecule has 0 saturated heterocycles. The number of hydrogen-bond donors (Lipinski definition) is 1. The smallest absolute Gasteiger partial charge is 0.381 e. The molecule has 0 aromatic heterocycles. The molecule has 22 heavy (non-hydrogen) atoms. The molecule has 0 aliphatic rings. The van der Waals surface area contributed by atoms with Crippen molar-refractivity contribution in [1.82, 2.24) is 5.32 Å². The van der Waals surface area contributed by atoms with Gasteiger partial charge in [0.05, 0.1) is 12.0 Å². The van der Waals surface area contributed by atoms with E-state index in [0.717, 1.165) is 12.1 Å². The van der Waals surface area contributed by atoms with Crippen molar-refractivity contribution in [3.8, 4) is 0 Å². The fourth-order valence-electron chi connectivity index (χ4n) is 1.83. The fraction of sp³-hybridized carbons (Fsp3) is 0.562. The summed E-state index contributed by atoms with van der Waals surface area (Å²) < 4.78 is 43.1. The van der Waals surface area contributed by atoms with Crippen molar-refractivity contribution in [2.75, 3.05) is 19.8 Å². The molecule has 0 atom stereocenters. The number of rotatable bonds is 8.